The fourth-order valence-corrected chi connectivity index (χ4v) is 2.34. The number of H-pyrrole nitrogens is 1. The first-order valence-electron chi connectivity index (χ1n) is 5.97. The number of rotatable bonds is 2. The van der Waals surface area contributed by atoms with Gasteiger partial charge >= 0.3 is 0 Å². The van der Waals surface area contributed by atoms with Crippen molar-refractivity contribution in [2.24, 2.45) is 0 Å². The van der Waals surface area contributed by atoms with Crippen molar-refractivity contribution in [3.63, 3.8) is 0 Å². The molecule has 2 aromatic heterocycles. The van der Waals surface area contributed by atoms with Gasteiger partial charge in [0, 0.05) is 6.20 Å². The number of nitrogen functional groups attached to an aromatic ring is 1. The zero-order valence-corrected chi connectivity index (χ0v) is 10.2. The number of nitrogens with two attached hydrogens (primary N) is 1. The van der Waals surface area contributed by atoms with E-state index in [0.29, 0.717) is 0 Å². The number of aromatic nitrogens is 3. The third-order valence-electron chi connectivity index (χ3n) is 3.35. The smallest absolute Gasteiger partial charge is 0.261 e. The molecular formula is C11H13FN4O4. The molecule has 0 saturated carbocycles. The van der Waals surface area contributed by atoms with Crippen LogP contribution in [0.3, 0.4) is 0 Å². The van der Waals surface area contributed by atoms with Crippen LogP contribution in [-0.2, 0) is 4.74 Å². The van der Waals surface area contributed by atoms with Crippen LogP contribution in [0, 0.1) is 0 Å². The number of halogens is 1. The number of anilines is 1. The Morgan fingerprint density at radius 2 is 2.35 bits per heavy atom. The number of fused-ring (bicyclic) bond motifs is 1. The molecule has 3 heterocycles. The highest BCUT2D eigenvalue weighted by atomic mass is 19.1. The van der Waals surface area contributed by atoms with Crippen LogP contribution < -0.4 is 11.3 Å². The van der Waals surface area contributed by atoms with Crippen LogP contribution in [0.4, 0.5) is 10.3 Å². The van der Waals surface area contributed by atoms with Gasteiger partial charge in [-0.15, -0.1) is 0 Å². The number of ether oxygens (including phenoxy) is 1. The van der Waals surface area contributed by atoms with E-state index in [1.54, 1.807) is 0 Å². The van der Waals surface area contributed by atoms with Crippen molar-refractivity contribution in [2.45, 2.75) is 24.6 Å². The van der Waals surface area contributed by atoms with Gasteiger partial charge in [0.15, 0.2) is 18.0 Å². The van der Waals surface area contributed by atoms with Gasteiger partial charge in [0.25, 0.3) is 5.56 Å². The van der Waals surface area contributed by atoms with E-state index in [4.69, 9.17) is 15.6 Å². The number of nitrogens with one attached hydrogen (secondary N) is 1. The minimum absolute atomic E-state index is 0.102. The molecule has 2 aromatic rings. The van der Waals surface area contributed by atoms with Gasteiger partial charge in [-0.25, -0.2) is 4.39 Å². The molecular weight excluding hydrogens is 271 g/mol. The lowest BCUT2D eigenvalue weighted by molar-refractivity contribution is -0.0457. The molecule has 0 radical (unpaired) electrons. The molecule has 0 bridgehead atoms. The number of alkyl halides is 1. The topological polar surface area (TPSA) is 126 Å². The maximum Gasteiger partial charge on any atom is 0.261 e. The van der Waals surface area contributed by atoms with Crippen molar-refractivity contribution in [1.29, 1.82) is 0 Å². The molecule has 8 nitrogen and oxygen atoms in total. The van der Waals surface area contributed by atoms with Crippen LogP contribution in [0.15, 0.2) is 17.1 Å². The highest BCUT2D eigenvalue weighted by Crippen LogP contribution is 2.33. The Morgan fingerprint density at radius 1 is 1.60 bits per heavy atom. The van der Waals surface area contributed by atoms with Crippen molar-refractivity contribution in [3.8, 4) is 0 Å². The second-order valence-electron chi connectivity index (χ2n) is 4.59. The van der Waals surface area contributed by atoms with Crippen molar-refractivity contribution in [2.75, 3.05) is 12.3 Å². The average molecular weight is 284 g/mol. The summed E-state index contributed by atoms with van der Waals surface area (Å²) in [5.74, 6) is -0.102. The van der Waals surface area contributed by atoms with E-state index in [-0.39, 0.29) is 17.0 Å². The van der Waals surface area contributed by atoms with Gasteiger partial charge < -0.3 is 25.3 Å². The maximum absolute atomic E-state index is 14.1. The Labute approximate surface area is 111 Å². The summed E-state index contributed by atoms with van der Waals surface area (Å²) in [6.07, 6.45) is -3.96. The summed E-state index contributed by atoms with van der Waals surface area (Å²) in [4.78, 5) is 18.0. The maximum atomic E-state index is 14.1. The zero-order valence-electron chi connectivity index (χ0n) is 10.2. The molecule has 4 atom stereocenters. The first kappa shape index (κ1) is 13.0. The van der Waals surface area contributed by atoms with Crippen LogP contribution in [0.25, 0.3) is 11.0 Å². The largest absolute Gasteiger partial charge is 0.394 e. The number of hydrogen-bond acceptors (Lipinski definition) is 6. The molecule has 1 aliphatic rings. The van der Waals surface area contributed by atoms with E-state index in [1.807, 2.05) is 0 Å². The molecule has 9 heteroatoms. The molecule has 1 saturated heterocycles. The Morgan fingerprint density at radius 3 is 3.00 bits per heavy atom. The molecule has 0 aliphatic carbocycles. The van der Waals surface area contributed by atoms with Gasteiger partial charge in [-0.05, 0) is 6.07 Å². The third kappa shape index (κ3) is 1.79. The predicted molar refractivity (Wildman–Crippen MR) is 66.7 cm³/mol. The highest BCUT2D eigenvalue weighted by molar-refractivity contribution is 5.76. The van der Waals surface area contributed by atoms with E-state index >= 15 is 0 Å². The monoisotopic (exact) mass is 284 g/mol. The van der Waals surface area contributed by atoms with Crippen LogP contribution in [-0.4, -0.2) is 49.7 Å². The van der Waals surface area contributed by atoms with E-state index in [1.165, 1.54) is 16.8 Å². The predicted octanol–water partition coefficient (Wildman–Crippen LogP) is -1.10. The lowest BCUT2D eigenvalue weighted by atomic mass is 10.1. The number of aromatic amines is 1. The molecule has 5 N–H and O–H groups in total. The third-order valence-corrected chi connectivity index (χ3v) is 3.35. The van der Waals surface area contributed by atoms with Gasteiger partial charge in [0.1, 0.15) is 12.2 Å². The molecule has 0 amide bonds. The van der Waals surface area contributed by atoms with Crippen molar-refractivity contribution in [1.82, 2.24) is 14.5 Å². The number of aliphatic hydroxyl groups excluding tert-OH is 2. The lowest BCUT2D eigenvalue weighted by Crippen LogP contribution is -2.30. The summed E-state index contributed by atoms with van der Waals surface area (Å²) in [6, 6.07) is 1.45. The molecule has 108 valence electrons. The number of aliphatic hydroxyl groups is 2. The molecule has 3 rings (SSSR count). The molecule has 0 aromatic carbocycles. The Balaban J connectivity index is 2.09. The van der Waals surface area contributed by atoms with Crippen molar-refractivity contribution < 1.29 is 19.3 Å². The highest BCUT2D eigenvalue weighted by Gasteiger charge is 2.45. The molecule has 1 fully saturated rings. The van der Waals surface area contributed by atoms with E-state index in [9.17, 15) is 14.3 Å². The molecule has 20 heavy (non-hydrogen) atoms. The van der Waals surface area contributed by atoms with Crippen molar-refractivity contribution >= 4 is 17.0 Å². The summed E-state index contributed by atoms with van der Waals surface area (Å²) in [5.41, 5.74) is 5.17. The average Bonchev–Trinajstić information content (AvgIpc) is 2.93. The van der Waals surface area contributed by atoms with Crippen LogP contribution in [0.2, 0.25) is 0 Å². The summed E-state index contributed by atoms with van der Waals surface area (Å²) < 4.78 is 20.6. The summed E-state index contributed by atoms with van der Waals surface area (Å²) in [7, 11) is 0. The van der Waals surface area contributed by atoms with Gasteiger partial charge in [-0.2, -0.15) is 4.98 Å². The Hall–Kier alpha value is -1.97. The second-order valence-corrected chi connectivity index (χ2v) is 4.59. The normalized spacial score (nSPS) is 30.1. The zero-order chi connectivity index (χ0) is 14.4. The minimum Gasteiger partial charge on any atom is -0.394 e. The second kappa shape index (κ2) is 4.54. The van der Waals surface area contributed by atoms with Crippen molar-refractivity contribution in [3.05, 3.63) is 22.6 Å². The first-order valence-corrected chi connectivity index (χ1v) is 5.97. The number of hydrogen-bond donors (Lipinski definition) is 4. The molecule has 0 spiro atoms. The fraction of sp³-hybridized carbons (Fsp3) is 0.455. The molecule has 1 aliphatic heterocycles. The van der Waals surface area contributed by atoms with Gasteiger partial charge in [-0.1, -0.05) is 0 Å². The SMILES string of the molecule is Nc1nc2c(ccn2[C@@H]2O[C@H](CO)[C@H](O)[C@@H]2F)c(=O)[nH]1. The fourth-order valence-electron chi connectivity index (χ4n) is 2.34. The summed E-state index contributed by atoms with van der Waals surface area (Å²) >= 11 is 0. The van der Waals surface area contributed by atoms with Gasteiger partial charge in [-0.3, -0.25) is 9.78 Å². The van der Waals surface area contributed by atoms with Gasteiger partial charge in [0.2, 0.25) is 5.95 Å². The minimum atomic E-state index is -1.75. The van der Waals surface area contributed by atoms with E-state index < -0.39 is 36.8 Å². The number of nitrogens with zero attached hydrogens (tertiary/aromatic N) is 2. The summed E-state index contributed by atoms with van der Waals surface area (Å²) in [6.45, 7) is -0.507. The lowest BCUT2D eigenvalue weighted by Gasteiger charge is -2.15. The van der Waals surface area contributed by atoms with Gasteiger partial charge in [0.05, 0.1) is 12.0 Å². The standard InChI is InChI=1S/C11H13FN4O4/c12-6-7(18)5(3-17)20-10(6)16-2-1-4-8(16)14-11(13)15-9(4)19/h1-2,5-7,10,17-18H,3H2,(H3,13,14,15,19)/t5-,6+,7+,10-/m1/s1. The first-order chi connectivity index (χ1) is 9.52. The van der Waals surface area contributed by atoms with Crippen LogP contribution >= 0.6 is 0 Å². The summed E-state index contributed by atoms with van der Waals surface area (Å²) in [5, 5.41) is 18.9. The molecule has 0 unspecified atom stereocenters. The van der Waals surface area contributed by atoms with Crippen LogP contribution in [0.5, 0.6) is 0 Å². The van der Waals surface area contributed by atoms with Crippen LogP contribution in [0.1, 0.15) is 6.23 Å². The van der Waals surface area contributed by atoms with E-state index in [0.717, 1.165) is 0 Å². The quantitative estimate of drug-likeness (QED) is 0.554. The Kier molecular flexibility index (Phi) is 2.96. The Bertz CT molecular complexity index is 699. The van der Waals surface area contributed by atoms with E-state index in [2.05, 4.69) is 9.97 Å².